The molecule has 25 heavy (non-hydrogen) atoms. The SMILES string of the molecule is COc1ccccc1C(=O)NCCc1ccc2[nH]c(=O)c(C)cc2c1. The number of pyridine rings is 1. The highest BCUT2D eigenvalue weighted by molar-refractivity contribution is 5.96. The van der Waals surface area contributed by atoms with E-state index in [4.69, 9.17) is 4.74 Å². The summed E-state index contributed by atoms with van der Waals surface area (Å²) in [6.45, 7) is 2.31. The van der Waals surface area contributed by atoms with Gasteiger partial charge in [0.05, 0.1) is 12.7 Å². The molecule has 0 saturated carbocycles. The molecule has 0 aliphatic carbocycles. The van der Waals surface area contributed by atoms with Gasteiger partial charge in [-0.3, -0.25) is 9.59 Å². The normalized spacial score (nSPS) is 10.6. The average Bonchev–Trinajstić information content (AvgIpc) is 2.62. The van der Waals surface area contributed by atoms with Crippen LogP contribution in [0, 0.1) is 6.92 Å². The maximum absolute atomic E-state index is 12.3. The zero-order valence-corrected chi connectivity index (χ0v) is 14.3. The number of hydrogen-bond donors (Lipinski definition) is 2. The average molecular weight is 336 g/mol. The van der Waals surface area contributed by atoms with Crippen LogP contribution < -0.4 is 15.6 Å². The van der Waals surface area contributed by atoms with Crippen LogP contribution in [0.1, 0.15) is 21.5 Å². The zero-order chi connectivity index (χ0) is 17.8. The van der Waals surface area contributed by atoms with E-state index in [9.17, 15) is 9.59 Å². The lowest BCUT2D eigenvalue weighted by molar-refractivity contribution is 0.0951. The molecule has 2 N–H and O–H groups in total. The summed E-state index contributed by atoms with van der Waals surface area (Å²) >= 11 is 0. The molecule has 0 aliphatic rings. The van der Waals surface area contributed by atoms with Gasteiger partial charge in [0.1, 0.15) is 5.75 Å². The van der Waals surface area contributed by atoms with Gasteiger partial charge >= 0.3 is 0 Å². The summed E-state index contributed by atoms with van der Waals surface area (Å²) in [5.74, 6) is 0.406. The van der Waals surface area contributed by atoms with Crippen LogP contribution >= 0.6 is 0 Å². The molecule has 0 atom stereocenters. The molecule has 2 aromatic carbocycles. The van der Waals surface area contributed by atoms with Gasteiger partial charge in [0.2, 0.25) is 0 Å². The number of fused-ring (bicyclic) bond motifs is 1. The highest BCUT2D eigenvalue weighted by Gasteiger charge is 2.10. The highest BCUT2D eigenvalue weighted by atomic mass is 16.5. The molecule has 0 spiro atoms. The van der Waals surface area contributed by atoms with Crippen LogP contribution in [0.5, 0.6) is 5.75 Å². The summed E-state index contributed by atoms with van der Waals surface area (Å²) in [5.41, 5.74) is 3.06. The molecule has 1 heterocycles. The second-order valence-corrected chi connectivity index (χ2v) is 5.91. The first-order valence-electron chi connectivity index (χ1n) is 8.12. The van der Waals surface area contributed by atoms with E-state index in [1.807, 2.05) is 36.4 Å². The van der Waals surface area contributed by atoms with Gasteiger partial charge in [0.15, 0.2) is 0 Å². The smallest absolute Gasteiger partial charge is 0.255 e. The Morgan fingerprint density at radius 2 is 1.96 bits per heavy atom. The van der Waals surface area contributed by atoms with Crippen molar-refractivity contribution in [3.05, 3.63) is 75.6 Å². The van der Waals surface area contributed by atoms with Gasteiger partial charge in [0.25, 0.3) is 11.5 Å². The number of amides is 1. The Hall–Kier alpha value is -3.08. The number of para-hydroxylation sites is 1. The monoisotopic (exact) mass is 336 g/mol. The fourth-order valence-electron chi connectivity index (χ4n) is 2.77. The van der Waals surface area contributed by atoms with E-state index in [0.717, 1.165) is 16.5 Å². The Bertz CT molecular complexity index is 976. The fourth-order valence-corrected chi connectivity index (χ4v) is 2.77. The van der Waals surface area contributed by atoms with E-state index >= 15 is 0 Å². The van der Waals surface area contributed by atoms with Crippen molar-refractivity contribution in [3.8, 4) is 5.75 Å². The molecule has 3 rings (SSSR count). The van der Waals surface area contributed by atoms with Crippen molar-refractivity contribution >= 4 is 16.8 Å². The van der Waals surface area contributed by atoms with Crippen LogP contribution in [-0.2, 0) is 6.42 Å². The predicted molar refractivity (Wildman–Crippen MR) is 98.3 cm³/mol. The standard InChI is InChI=1S/C20H20N2O3/c1-13-11-15-12-14(7-8-17(15)22-19(13)23)9-10-21-20(24)16-5-3-4-6-18(16)25-2/h3-8,11-12H,9-10H2,1-2H3,(H,21,24)(H,22,23). The molecular formula is C20H20N2O3. The van der Waals surface area contributed by atoms with Gasteiger partial charge in [-0.15, -0.1) is 0 Å². The molecule has 1 amide bonds. The molecule has 0 bridgehead atoms. The van der Waals surface area contributed by atoms with Crippen LogP contribution in [0.4, 0.5) is 0 Å². The maximum Gasteiger partial charge on any atom is 0.255 e. The minimum atomic E-state index is -0.154. The summed E-state index contributed by atoms with van der Waals surface area (Å²) in [5, 5.41) is 3.91. The van der Waals surface area contributed by atoms with Crippen molar-refractivity contribution in [3.63, 3.8) is 0 Å². The summed E-state index contributed by atoms with van der Waals surface area (Å²) in [6, 6.07) is 14.9. The topological polar surface area (TPSA) is 71.2 Å². The summed E-state index contributed by atoms with van der Waals surface area (Å²) < 4.78 is 5.21. The lowest BCUT2D eigenvalue weighted by Crippen LogP contribution is -2.26. The molecule has 0 saturated heterocycles. The first-order valence-corrected chi connectivity index (χ1v) is 8.12. The molecule has 0 radical (unpaired) electrons. The van der Waals surface area contributed by atoms with Gasteiger partial charge in [-0.2, -0.15) is 0 Å². The number of benzene rings is 2. The summed E-state index contributed by atoms with van der Waals surface area (Å²) in [7, 11) is 1.55. The summed E-state index contributed by atoms with van der Waals surface area (Å²) in [4.78, 5) is 26.8. The molecule has 1 aromatic heterocycles. The number of carbonyl (C=O) groups excluding carboxylic acids is 1. The minimum absolute atomic E-state index is 0.0654. The third-order valence-corrected chi connectivity index (χ3v) is 4.15. The van der Waals surface area contributed by atoms with Crippen molar-refractivity contribution in [2.24, 2.45) is 0 Å². The van der Waals surface area contributed by atoms with E-state index < -0.39 is 0 Å². The first kappa shape index (κ1) is 16.8. The first-order chi connectivity index (χ1) is 12.1. The Labute approximate surface area is 145 Å². The number of aromatic nitrogens is 1. The van der Waals surface area contributed by atoms with Crippen molar-refractivity contribution < 1.29 is 9.53 Å². The highest BCUT2D eigenvalue weighted by Crippen LogP contribution is 2.17. The van der Waals surface area contributed by atoms with Gasteiger partial charge in [-0.25, -0.2) is 0 Å². The number of methoxy groups -OCH3 is 1. The summed E-state index contributed by atoms with van der Waals surface area (Å²) in [6.07, 6.45) is 0.703. The number of rotatable bonds is 5. The van der Waals surface area contributed by atoms with E-state index in [-0.39, 0.29) is 11.5 Å². The van der Waals surface area contributed by atoms with Crippen molar-refractivity contribution in [2.45, 2.75) is 13.3 Å². The van der Waals surface area contributed by atoms with E-state index in [1.54, 1.807) is 26.2 Å². The van der Waals surface area contributed by atoms with E-state index in [2.05, 4.69) is 10.3 Å². The molecule has 5 nitrogen and oxygen atoms in total. The minimum Gasteiger partial charge on any atom is -0.496 e. The fraction of sp³-hybridized carbons (Fsp3) is 0.200. The lowest BCUT2D eigenvalue weighted by Gasteiger charge is -2.09. The third-order valence-electron chi connectivity index (χ3n) is 4.15. The Kier molecular flexibility index (Phi) is 4.84. The third kappa shape index (κ3) is 3.71. The Morgan fingerprint density at radius 3 is 2.76 bits per heavy atom. The second kappa shape index (κ2) is 7.21. The zero-order valence-electron chi connectivity index (χ0n) is 14.3. The number of H-pyrrole nitrogens is 1. The van der Waals surface area contributed by atoms with Gasteiger partial charge in [-0.1, -0.05) is 18.2 Å². The van der Waals surface area contributed by atoms with Crippen molar-refractivity contribution in [1.82, 2.24) is 10.3 Å². The Balaban J connectivity index is 1.67. The van der Waals surface area contributed by atoms with Crippen LogP contribution in [0.25, 0.3) is 10.9 Å². The lowest BCUT2D eigenvalue weighted by atomic mass is 10.1. The number of aromatic amines is 1. The quantitative estimate of drug-likeness (QED) is 0.752. The molecule has 0 aliphatic heterocycles. The number of hydrogen-bond acceptors (Lipinski definition) is 3. The number of ether oxygens (including phenoxy) is 1. The van der Waals surface area contributed by atoms with Crippen molar-refractivity contribution in [1.29, 1.82) is 0 Å². The van der Waals surface area contributed by atoms with Crippen LogP contribution in [0.3, 0.4) is 0 Å². The van der Waals surface area contributed by atoms with Crippen LogP contribution in [-0.4, -0.2) is 24.5 Å². The van der Waals surface area contributed by atoms with Gasteiger partial charge < -0.3 is 15.0 Å². The molecular weight excluding hydrogens is 316 g/mol. The molecule has 3 aromatic rings. The van der Waals surface area contributed by atoms with Gasteiger partial charge in [-0.05, 0) is 54.6 Å². The van der Waals surface area contributed by atoms with Crippen LogP contribution in [0.2, 0.25) is 0 Å². The number of carbonyl (C=O) groups is 1. The van der Waals surface area contributed by atoms with E-state index in [0.29, 0.717) is 29.8 Å². The molecule has 128 valence electrons. The van der Waals surface area contributed by atoms with Crippen molar-refractivity contribution in [2.75, 3.05) is 13.7 Å². The largest absolute Gasteiger partial charge is 0.496 e. The maximum atomic E-state index is 12.3. The molecule has 5 heteroatoms. The van der Waals surface area contributed by atoms with Crippen LogP contribution in [0.15, 0.2) is 53.3 Å². The number of aryl methyl sites for hydroxylation is 1. The Morgan fingerprint density at radius 1 is 1.16 bits per heavy atom. The van der Waals surface area contributed by atoms with Gasteiger partial charge in [0, 0.05) is 17.6 Å². The number of nitrogens with one attached hydrogen (secondary N) is 2. The molecule has 0 unspecified atom stereocenters. The second-order valence-electron chi connectivity index (χ2n) is 5.91. The molecule has 0 fully saturated rings. The predicted octanol–water partition coefficient (Wildman–Crippen LogP) is 2.82. The van der Waals surface area contributed by atoms with E-state index in [1.165, 1.54) is 0 Å².